The number of hydrogen-bond donors (Lipinski definition) is 0. The molecule has 0 fully saturated rings. The van der Waals surface area contributed by atoms with E-state index >= 15 is 0 Å². The minimum Gasteiger partial charge on any atom is -0.492 e. The van der Waals surface area contributed by atoms with Crippen LogP contribution < -0.4 is 9.64 Å². The fourth-order valence-electron chi connectivity index (χ4n) is 2.81. The molecule has 0 atom stereocenters. The third-order valence-corrected chi connectivity index (χ3v) is 4.49. The van der Waals surface area contributed by atoms with E-state index in [0.29, 0.717) is 23.6 Å². The van der Waals surface area contributed by atoms with E-state index in [1.165, 1.54) is 11.0 Å². The molecule has 3 nitrogen and oxygen atoms in total. The Morgan fingerprint density at radius 2 is 1.79 bits per heavy atom. The van der Waals surface area contributed by atoms with Gasteiger partial charge in [0.2, 0.25) is 0 Å². The van der Waals surface area contributed by atoms with E-state index in [9.17, 15) is 9.18 Å². The lowest BCUT2D eigenvalue weighted by Gasteiger charge is -2.19. The molecular formula is C19H17ClFNO2. The molecule has 1 aliphatic rings. The van der Waals surface area contributed by atoms with Gasteiger partial charge in [0.1, 0.15) is 11.6 Å². The molecule has 1 amide bonds. The lowest BCUT2D eigenvalue weighted by atomic mass is 10.0. The average Bonchev–Trinajstić information content (AvgIpc) is 2.75. The number of nitrogens with zero attached hydrogens (tertiary/aromatic N) is 1. The SMILES string of the molecule is C=C1c2cc(C)c(C)cc2C(=O)N1c1cc(OCC)c(Cl)cc1F. The molecule has 5 heteroatoms. The van der Waals surface area contributed by atoms with Crippen LogP contribution in [-0.4, -0.2) is 12.5 Å². The Morgan fingerprint density at radius 1 is 1.17 bits per heavy atom. The Kier molecular flexibility index (Phi) is 4.10. The Labute approximate surface area is 145 Å². The summed E-state index contributed by atoms with van der Waals surface area (Å²) in [6, 6.07) is 6.31. The first-order valence-corrected chi connectivity index (χ1v) is 7.99. The number of benzene rings is 2. The van der Waals surface area contributed by atoms with E-state index in [-0.39, 0.29) is 16.6 Å². The predicted octanol–water partition coefficient (Wildman–Crippen LogP) is 5.13. The second kappa shape index (κ2) is 5.95. The second-order valence-corrected chi connectivity index (χ2v) is 6.14. The fraction of sp³-hybridized carbons (Fsp3) is 0.211. The Bertz CT molecular complexity index is 835. The van der Waals surface area contributed by atoms with E-state index < -0.39 is 5.82 Å². The van der Waals surface area contributed by atoms with E-state index in [2.05, 4.69) is 6.58 Å². The first-order valence-electron chi connectivity index (χ1n) is 7.62. The number of rotatable bonds is 3. The quantitative estimate of drug-likeness (QED) is 0.772. The van der Waals surface area contributed by atoms with Crippen LogP contribution >= 0.6 is 11.6 Å². The molecule has 24 heavy (non-hydrogen) atoms. The number of aryl methyl sites for hydroxylation is 2. The van der Waals surface area contributed by atoms with Gasteiger partial charge in [-0.3, -0.25) is 9.69 Å². The fourth-order valence-corrected chi connectivity index (χ4v) is 3.01. The van der Waals surface area contributed by atoms with Crippen molar-refractivity contribution >= 4 is 28.9 Å². The van der Waals surface area contributed by atoms with Crippen molar-refractivity contribution in [3.63, 3.8) is 0 Å². The van der Waals surface area contributed by atoms with Crippen molar-refractivity contribution < 1.29 is 13.9 Å². The summed E-state index contributed by atoms with van der Waals surface area (Å²) >= 11 is 6.00. The summed E-state index contributed by atoms with van der Waals surface area (Å²) in [6.07, 6.45) is 0. The van der Waals surface area contributed by atoms with Crippen LogP contribution in [-0.2, 0) is 0 Å². The number of hydrogen-bond acceptors (Lipinski definition) is 2. The highest BCUT2D eigenvalue weighted by Gasteiger charge is 2.34. The van der Waals surface area contributed by atoms with Crippen LogP contribution in [0.5, 0.6) is 5.75 Å². The molecule has 1 aliphatic heterocycles. The lowest BCUT2D eigenvalue weighted by molar-refractivity contribution is 0.100. The molecule has 2 aromatic carbocycles. The highest BCUT2D eigenvalue weighted by Crippen LogP contribution is 2.41. The molecule has 2 aromatic rings. The Balaban J connectivity index is 2.13. The third kappa shape index (κ3) is 2.47. The first kappa shape index (κ1) is 16.5. The van der Waals surface area contributed by atoms with Gasteiger partial charge in [0.15, 0.2) is 0 Å². The third-order valence-electron chi connectivity index (χ3n) is 4.19. The van der Waals surface area contributed by atoms with Crippen LogP contribution in [0.15, 0.2) is 30.8 Å². The second-order valence-electron chi connectivity index (χ2n) is 5.74. The monoisotopic (exact) mass is 345 g/mol. The van der Waals surface area contributed by atoms with Crippen molar-refractivity contribution in [2.75, 3.05) is 11.5 Å². The van der Waals surface area contributed by atoms with Gasteiger partial charge >= 0.3 is 0 Å². The number of ether oxygens (including phenoxy) is 1. The Hall–Kier alpha value is -2.33. The van der Waals surface area contributed by atoms with Gasteiger partial charge in [0, 0.05) is 17.2 Å². The van der Waals surface area contributed by atoms with Crippen LogP contribution in [0.25, 0.3) is 5.70 Å². The van der Waals surface area contributed by atoms with Gasteiger partial charge < -0.3 is 4.74 Å². The summed E-state index contributed by atoms with van der Waals surface area (Å²) < 4.78 is 19.9. The minimum absolute atomic E-state index is 0.0874. The van der Waals surface area contributed by atoms with Crippen LogP contribution in [0.3, 0.4) is 0 Å². The van der Waals surface area contributed by atoms with Crippen LogP contribution in [0, 0.1) is 19.7 Å². The number of carbonyl (C=O) groups excluding carboxylic acids is 1. The number of anilines is 1. The van der Waals surface area contributed by atoms with E-state index in [4.69, 9.17) is 16.3 Å². The summed E-state index contributed by atoms with van der Waals surface area (Å²) in [4.78, 5) is 14.1. The average molecular weight is 346 g/mol. The van der Waals surface area contributed by atoms with E-state index in [1.54, 1.807) is 6.92 Å². The highest BCUT2D eigenvalue weighted by atomic mass is 35.5. The molecule has 3 rings (SSSR count). The van der Waals surface area contributed by atoms with Crippen LogP contribution in [0.1, 0.15) is 34.0 Å². The largest absolute Gasteiger partial charge is 0.492 e. The molecule has 0 spiro atoms. The van der Waals surface area contributed by atoms with Gasteiger partial charge in [-0.25, -0.2) is 4.39 Å². The maximum Gasteiger partial charge on any atom is 0.263 e. The zero-order valence-electron chi connectivity index (χ0n) is 13.7. The van der Waals surface area contributed by atoms with Gasteiger partial charge in [-0.05, 0) is 50.1 Å². The number of fused-ring (bicyclic) bond motifs is 1. The summed E-state index contributed by atoms with van der Waals surface area (Å²) in [6.45, 7) is 10.1. The number of halogens is 2. The normalized spacial score (nSPS) is 13.5. The van der Waals surface area contributed by atoms with Crippen molar-refractivity contribution in [1.82, 2.24) is 0 Å². The Morgan fingerprint density at radius 3 is 2.42 bits per heavy atom. The summed E-state index contributed by atoms with van der Waals surface area (Å²) in [5, 5.41) is 0.166. The smallest absolute Gasteiger partial charge is 0.263 e. The number of amides is 1. The van der Waals surface area contributed by atoms with Crippen molar-refractivity contribution in [1.29, 1.82) is 0 Å². The zero-order chi connectivity index (χ0) is 17.6. The minimum atomic E-state index is -0.598. The molecule has 0 saturated carbocycles. The van der Waals surface area contributed by atoms with Crippen LogP contribution in [0.2, 0.25) is 5.02 Å². The molecule has 0 N–H and O–H groups in total. The zero-order valence-corrected chi connectivity index (χ0v) is 14.5. The van der Waals surface area contributed by atoms with Gasteiger partial charge in [0.25, 0.3) is 5.91 Å². The van der Waals surface area contributed by atoms with E-state index in [1.807, 2.05) is 26.0 Å². The van der Waals surface area contributed by atoms with Gasteiger partial charge in [-0.2, -0.15) is 0 Å². The first-order chi connectivity index (χ1) is 11.3. The number of carbonyl (C=O) groups is 1. The van der Waals surface area contributed by atoms with Gasteiger partial charge in [-0.1, -0.05) is 18.2 Å². The maximum absolute atomic E-state index is 14.5. The topological polar surface area (TPSA) is 29.5 Å². The molecule has 0 saturated heterocycles. The maximum atomic E-state index is 14.5. The van der Waals surface area contributed by atoms with Gasteiger partial charge in [0.05, 0.1) is 23.0 Å². The van der Waals surface area contributed by atoms with Gasteiger partial charge in [-0.15, -0.1) is 0 Å². The molecule has 0 aliphatic carbocycles. The molecule has 0 unspecified atom stereocenters. The molecule has 1 heterocycles. The molecule has 0 aromatic heterocycles. The van der Waals surface area contributed by atoms with Crippen molar-refractivity contribution in [3.05, 3.63) is 63.9 Å². The molecule has 0 bridgehead atoms. The lowest BCUT2D eigenvalue weighted by Crippen LogP contribution is -2.23. The molecule has 0 radical (unpaired) electrons. The van der Waals surface area contributed by atoms with Crippen molar-refractivity contribution in [2.24, 2.45) is 0 Å². The van der Waals surface area contributed by atoms with E-state index in [0.717, 1.165) is 22.8 Å². The summed E-state index contributed by atoms with van der Waals surface area (Å²) in [5.74, 6) is -0.569. The van der Waals surface area contributed by atoms with Crippen molar-refractivity contribution in [3.8, 4) is 5.75 Å². The van der Waals surface area contributed by atoms with Crippen LogP contribution in [0.4, 0.5) is 10.1 Å². The molecule has 124 valence electrons. The highest BCUT2D eigenvalue weighted by molar-refractivity contribution is 6.32. The van der Waals surface area contributed by atoms with Crippen molar-refractivity contribution in [2.45, 2.75) is 20.8 Å². The molecular weight excluding hydrogens is 329 g/mol. The summed E-state index contributed by atoms with van der Waals surface area (Å²) in [5.41, 5.74) is 3.83. The summed E-state index contributed by atoms with van der Waals surface area (Å²) in [7, 11) is 0. The standard InChI is InChI=1S/C19H17ClFNO2/c1-5-24-18-9-17(16(21)8-15(18)20)22-12(4)13-6-10(2)11(3)7-14(13)19(22)23/h6-9H,4-5H2,1-3H3. The predicted molar refractivity (Wildman–Crippen MR) is 94.3 cm³/mol.